The van der Waals surface area contributed by atoms with Crippen LogP contribution in [0, 0.1) is 0 Å². The first-order chi connectivity index (χ1) is 12.6. The Morgan fingerprint density at radius 3 is 2.77 bits per heavy atom. The number of benzene rings is 2. The van der Waals surface area contributed by atoms with Crippen LogP contribution in [0.25, 0.3) is 0 Å². The minimum absolute atomic E-state index is 0.0203. The highest BCUT2D eigenvalue weighted by Crippen LogP contribution is 2.23. The van der Waals surface area contributed by atoms with E-state index in [-0.39, 0.29) is 18.0 Å². The Hall–Kier alpha value is -2.47. The number of nitrogens with one attached hydrogen (secondary N) is 1. The van der Waals surface area contributed by atoms with E-state index in [9.17, 15) is 9.59 Å². The van der Waals surface area contributed by atoms with Crippen LogP contribution in [-0.4, -0.2) is 30.9 Å². The van der Waals surface area contributed by atoms with Gasteiger partial charge in [0.25, 0.3) is 0 Å². The second kappa shape index (κ2) is 8.76. The lowest BCUT2D eigenvalue weighted by Crippen LogP contribution is -2.27. The van der Waals surface area contributed by atoms with E-state index in [4.69, 9.17) is 4.74 Å². The van der Waals surface area contributed by atoms with E-state index in [1.54, 1.807) is 16.7 Å². The molecule has 136 valence electrons. The molecule has 5 nitrogen and oxygen atoms in total. The summed E-state index contributed by atoms with van der Waals surface area (Å²) in [5.74, 6) is 0.759. The molecule has 0 spiro atoms. The van der Waals surface area contributed by atoms with Crippen molar-refractivity contribution in [3.8, 4) is 0 Å². The molecular formula is C20H22N2O3S. The molecule has 2 amide bonds. The predicted octanol–water partition coefficient (Wildman–Crippen LogP) is 4.00. The Bertz CT molecular complexity index is 767. The molecule has 26 heavy (non-hydrogen) atoms. The van der Waals surface area contributed by atoms with Gasteiger partial charge in [0.15, 0.2) is 0 Å². The molecule has 0 aliphatic carbocycles. The van der Waals surface area contributed by atoms with Crippen molar-refractivity contribution in [1.29, 1.82) is 0 Å². The number of thioether (sulfide) groups is 1. The van der Waals surface area contributed by atoms with Gasteiger partial charge in [-0.1, -0.05) is 30.3 Å². The number of anilines is 1. The normalized spacial score (nSPS) is 14.8. The standard InChI is InChI=1S/C20H22N2O3S/c1-15(21-19(23)10-13-26-18-8-3-2-4-9-18)16-6-5-7-17(14-16)22-11-12-25-20(22)24/h2-9,14-15H,10-13H2,1H3,(H,21,23). The van der Waals surface area contributed by atoms with Crippen LogP contribution < -0.4 is 10.2 Å². The van der Waals surface area contributed by atoms with Gasteiger partial charge in [-0.25, -0.2) is 4.79 Å². The number of hydrogen-bond acceptors (Lipinski definition) is 4. The van der Waals surface area contributed by atoms with Crippen LogP contribution in [0.4, 0.5) is 10.5 Å². The third-order valence-electron chi connectivity index (χ3n) is 4.16. The molecule has 1 fully saturated rings. The smallest absolute Gasteiger partial charge is 0.414 e. The molecule has 0 aromatic heterocycles. The van der Waals surface area contributed by atoms with Crippen molar-refractivity contribution >= 4 is 29.4 Å². The Kier molecular flexibility index (Phi) is 6.17. The Balaban J connectivity index is 1.51. The van der Waals surface area contributed by atoms with Gasteiger partial charge in [0, 0.05) is 22.8 Å². The molecule has 0 saturated carbocycles. The summed E-state index contributed by atoms with van der Waals surface area (Å²) in [4.78, 5) is 26.7. The van der Waals surface area contributed by atoms with Crippen molar-refractivity contribution in [1.82, 2.24) is 5.32 Å². The first-order valence-corrected chi connectivity index (χ1v) is 9.63. The van der Waals surface area contributed by atoms with Crippen molar-refractivity contribution in [2.45, 2.75) is 24.3 Å². The van der Waals surface area contributed by atoms with Crippen LogP contribution in [-0.2, 0) is 9.53 Å². The molecule has 1 heterocycles. The van der Waals surface area contributed by atoms with Crippen LogP contribution in [0.5, 0.6) is 0 Å². The third kappa shape index (κ3) is 4.79. The van der Waals surface area contributed by atoms with E-state index in [0.29, 0.717) is 19.6 Å². The summed E-state index contributed by atoms with van der Waals surface area (Å²) in [6.07, 6.45) is 0.138. The van der Waals surface area contributed by atoms with E-state index >= 15 is 0 Å². The first-order valence-electron chi connectivity index (χ1n) is 8.65. The van der Waals surface area contributed by atoms with Crippen molar-refractivity contribution in [2.75, 3.05) is 23.8 Å². The van der Waals surface area contributed by atoms with Gasteiger partial charge in [0.2, 0.25) is 5.91 Å². The summed E-state index contributed by atoms with van der Waals surface area (Å²) < 4.78 is 4.98. The van der Waals surface area contributed by atoms with Gasteiger partial charge in [-0.3, -0.25) is 9.69 Å². The molecule has 1 aliphatic rings. The van der Waals surface area contributed by atoms with Crippen LogP contribution >= 0.6 is 11.8 Å². The zero-order valence-corrected chi connectivity index (χ0v) is 15.5. The van der Waals surface area contributed by atoms with Crippen LogP contribution in [0.2, 0.25) is 0 Å². The van der Waals surface area contributed by atoms with E-state index in [1.165, 1.54) is 4.90 Å². The van der Waals surface area contributed by atoms with Crippen LogP contribution in [0.1, 0.15) is 24.9 Å². The van der Waals surface area contributed by atoms with Gasteiger partial charge in [-0.15, -0.1) is 11.8 Å². The maximum atomic E-state index is 12.2. The molecule has 3 rings (SSSR count). The molecule has 6 heteroatoms. The monoisotopic (exact) mass is 370 g/mol. The van der Waals surface area contributed by atoms with Crippen molar-refractivity contribution in [2.24, 2.45) is 0 Å². The minimum Gasteiger partial charge on any atom is -0.447 e. The molecule has 1 aliphatic heterocycles. The minimum atomic E-state index is -0.322. The van der Waals surface area contributed by atoms with Gasteiger partial charge in [-0.2, -0.15) is 0 Å². The number of nitrogens with zero attached hydrogens (tertiary/aromatic N) is 1. The number of carbonyl (C=O) groups excluding carboxylic acids is 2. The summed E-state index contributed by atoms with van der Waals surface area (Å²) in [7, 11) is 0. The van der Waals surface area contributed by atoms with Crippen LogP contribution in [0.3, 0.4) is 0 Å². The summed E-state index contributed by atoms with van der Waals surface area (Å²) >= 11 is 1.67. The molecule has 1 unspecified atom stereocenters. The number of cyclic esters (lactones) is 1. The Morgan fingerprint density at radius 2 is 2.04 bits per heavy atom. The molecule has 0 radical (unpaired) electrons. The highest BCUT2D eigenvalue weighted by Gasteiger charge is 2.24. The van der Waals surface area contributed by atoms with E-state index in [2.05, 4.69) is 5.32 Å². The summed E-state index contributed by atoms with van der Waals surface area (Å²) in [6, 6.07) is 17.6. The summed E-state index contributed by atoms with van der Waals surface area (Å²) in [5.41, 5.74) is 1.76. The lowest BCUT2D eigenvalue weighted by molar-refractivity contribution is -0.121. The zero-order valence-electron chi connectivity index (χ0n) is 14.7. The van der Waals surface area contributed by atoms with Crippen molar-refractivity contribution < 1.29 is 14.3 Å². The fraction of sp³-hybridized carbons (Fsp3) is 0.300. The highest BCUT2D eigenvalue weighted by atomic mass is 32.2. The summed E-state index contributed by atoms with van der Waals surface area (Å²) in [6.45, 7) is 2.91. The van der Waals surface area contributed by atoms with E-state index in [1.807, 2.05) is 61.5 Å². The third-order valence-corrected chi connectivity index (χ3v) is 5.18. The molecule has 0 bridgehead atoms. The Labute approximate surface area is 157 Å². The Morgan fingerprint density at radius 1 is 1.23 bits per heavy atom. The molecule has 2 aromatic rings. The van der Waals surface area contributed by atoms with Crippen molar-refractivity contribution in [3.63, 3.8) is 0 Å². The van der Waals surface area contributed by atoms with Crippen LogP contribution in [0.15, 0.2) is 59.5 Å². The van der Waals surface area contributed by atoms with Gasteiger partial charge in [-0.05, 0) is 36.8 Å². The predicted molar refractivity (Wildman–Crippen MR) is 103 cm³/mol. The number of rotatable bonds is 7. The van der Waals surface area contributed by atoms with E-state index < -0.39 is 0 Å². The SMILES string of the molecule is CC(NC(=O)CCSc1ccccc1)c1cccc(N2CCOC2=O)c1. The molecule has 2 aromatic carbocycles. The fourth-order valence-electron chi connectivity index (χ4n) is 2.77. The summed E-state index contributed by atoms with van der Waals surface area (Å²) in [5, 5.41) is 3.02. The maximum Gasteiger partial charge on any atom is 0.414 e. The average molecular weight is 370 g/mol. The maximum absolute atomic E-state index is 12.2. The van der Waals surface area contributed by atoms with Gasteiger partial charge >= 0.3 is 6.09 Å². The second-order valence-corrected chi connectivity index (χ2v) is 7.23. The van der Waals surface area contributed by atoms with Crippen molar-refractivity contribution in [3.05, 3.63) is 60.2 Å². The largest absolute Gasteiger partial charge is 0.447 e. The van der Waals surface area contributed by atoms with Gasteiger partial charge in [0.1, 0.15) is 6.61 Å². The number of carbonyl (C=O) groups is 2. The lowest BCUT2D eigenvalue weighted by Gasteiger charge is -2.18. The number of amides is 2. The topological polar surface area (TPSA) is 58.6 Å². The average Bonchev–Trinajstić information content (AvgIpc) is 3.08. The zero-order chi connectivity index (χ0) is 18.4. The quantitative estimate of drug-likeness (QED) is 0.749. The molecule has 1 N–H and O–H groups in total. The van der Waals surface area contributed by atoms with Gasteiger partial charge in [0.05, 0.1) is 12.6 Å². The lowest BCUT2D eigenvalue weighted by atomic mass is 10.1. The van der Waals surface area contributed by atoms with E-state index in [0.717, 1.165) is 17.0 Å². The molecule has 1 atom stereocenters. The highest BCUT2D eigenvalue weighted by molar-refractivity contribution is 7.99. The second-order valence-electron chi connectivity index (χ2n) is 6.06. The molecular weight excluding hydrogens is 348 g/mol. The number of ether oxygens (including phenoxy) is 1. The number of hydrogen-bond donors (Lipinski definition) is 1. The van der Waals surface area contributed by atoms with Gasteiger partial charge < -0.3 is 10.1 Å². The first kappa shape index (κ1) is 18.3. The molecule has 1 saturated heterocycles. The fourth-order valence-corrected chi connectivity index (χ4v) is 3.64.